The molecule has 0 bridgehead atoms. The van der Waals surface area contributed by atoms with Gasteiger partial charge in [-0.1, -0.05) is 31.5 Å². The number of aryl methyl sites for hydroxylation is 1. The first-order chi connectivity index (χ1) is 10.4. The molecule has 0 aliphatic rings. The molecule has 2 aromatic carbocycles. The van der Waals surface area contributed by atoms with E-state index >= 15 is 0 Å². The molecule has 0 atom stereocenters. The van der Waals surface area contributed by atoms with Crippen LogP contribution in [0.15, 0.2) is 41.3 Å². The number of halogens is 2. The first-order valence-corrected chi connectivity index (χ1v) is 8.83. The fourth-order valence-corrected chi connectivity index (χ4v) is 3.67. The summed E-state index contributed by atoms with van der Waals surface area (Å²) >= 11 is 6.17. The Morgan fingerprint density at radius 2 is 1.68 bits per heavy atom. The second kappa shape index (κ2) is 6.67. The number of anilines is 1. The summed E-state index contributed by atoms with van der Waals surface area (Å²) in [5, 5.41) is 0.525. The van der Waals surface area contributed by atoms with Gasteiger partial charge in [-0.25, -0.2) is 12.8 Å². The molecule has 2 rings (SSSR count). The Hall–Kier alpha value is -1.59. The highest BCUT2D eigenvalue weighted by molar-refractivity contribution is 7.92. The quantitative estimate of drug-likeness (QED) is 0.875. The van der Waals surface area contributed by atoms with Gasteiger partial charge in [0.15, 0.2) is 0 Å². The lowest BCUT2D eigenvalue weighted by atomic mass is 10.0. The maximum Gasteiger partial charge on any atom is 0.261 e. The SMILES string of the molecule is CCc1ccc(Cl)c(CC)c1NS(=O)(=O)c1ccc(F)cc1. The Kier molecular flexibility index (Phi) is 5.08. The van der Waals surface area contributed by atoms with Gasteiger partial charge in [-0.3, -0.25) is 4.72 Å². The zero-order valence-electron chi connectivity index (χ0n) is 12.4. The molecule has 0 unspecified atom stereocenters. The first kappa shape index (κ1) is 16.8. The van der Waals surface area contributed by atoms with Gasteiger partial charge in [0, 0.05) is 5.02 Å². The van der Waals surface area contributed by atoms with E-state index in [1.54, 1.807) is 6.07 Å². The van der Waals surface area contributed by atoms with Crippen molar-refractivity contribution in [1.29, 1.82) is 0 Å². The lowest BCUT2D eigenvalue weighted by Gasteiger charge is -2.17. The van der Waals surface area contributed by atoms with E-state index in [0.717, 1.165) is 23.3 Å². The summed E-state index contributed by atoms with van der Waals surface area (Å²) in [6.45, 7) is 3.86. The summed E-state index contributed by atoms with van der Waals surface area (Å²) in [7, 11) is -3.79. The Bertz CT molecular complexity index is 773. The minimum Gasteiger partial charge on any atom is -0.279 e. The molecule has 6 heteroatoms. The molecule has 2 aromatic rings. The molecule has 0 aromatic heterocycles. The van der Waals surface area contributed by atoms with Gasteiger partial charge in [0.25, 0.3) is 10.0 Å². The molecule has 0 spiro atoms. The Morgan fingerprint density at radius 1 is 1.05 bits per heavy atom. The van der Waals surface area contributed by atoms with Crippen LogP contribution in [0.2, 0.25) is 5.02 Å². The van der Waals surface area contributed by atoms with E-state index in [2.05, 4.69) is 4.72 Å². The minimum absolute atomic E-state index is 0.0120. The van der Waals surface area contributed by atoms with Gasteiger partial charge in [0.1, 0.15) is 5.82 Å². The molecule has 0 aliphatic heterocycles. The Labute approximate surface area is 135 Å². The summed E-state index contributed by atoms with van der Waals surface area (Å²) < 4.78 is 40.5. The van der Waals surface area contributed by atoms with Crippen LogP contribution in [-0.4, -0.2) is 8.42 Å². The third-order valence-electron chi connectivity index (χ3n) is 3.44. The first-order valence-electron chi connectivity index (χ1n) is 6.97. The van der Waals surface area contributed by atoms with Crippen LogP contribution in [0.4, 0.5) is 10.1 Å². The predicted octanol–water partition coefficient (Wildman–Crippen LogP) is 4.40. The largest absolute Gasteiger partial charge is 0.279 e. The second-order valence-corrected chi connectivity index (χ2v) is 6.92. The smallest absolute Gasteiger partial charge is 0.261 e. The Balaban J connectivity index is 2.49. The average Bonchev–Trinajstić information content (AvgIpc) is 2.48. The number of sulfonamides is 1. The van der Waals surface area contributed by atoms with Gasteiger partial charge in [-0.2, -0.15) is 0 Å². The summed E-state index contributed by atoms with van der Waals surface area (Å²) in [5.74, 6) is -0.481. The zero-order valence-corrected chi connectivity index (χ0v) is 13.9. The van der Waals surface area contributed by atoms with Crippen molar-refractivity contribution in [3.05, 3.63) is 58.4 Å². The number of hydrogen-bond donors (Lipinski definition) is 1. The van der Waals surface area contributed by atoms with Gasteiger partial charge < -0.3 is 0 Å². The molecule has 0 amide bonds. The molecule has 118 valence electrons. The second-order valence-electron chi connectivity index (χ2n) is 4.83. The summed E-state index contributed by atoms with van der Waals surface area (Å²) in [6, 6.07) is 8.29. The zero-order chi connectivity index (χ0) is 16.3. The van der Waals surface area contributed by atoms with Crippen LogP contribution < -0.4 is 4.72 Å². The van der Waals surface area contributed by atoms with Gasteiger partial charge >= 0.3 is 0 Å². The van der Waals surface area contributed by atoms with Crippen molar-refractivity contribution in [1.82, 2.24) is 0 Å². The normalized spacial score (nSPS) is 11.5. The molecule has 22 heavy (non-hydrogen) atoms. The number of nitrogens with one attached hydrogen (secondary N) is 1. The molecular formula is C16H17ClFNO2S. The summed E-state index contributed by atoms with van der Waals surface area (Å²) in [4.78, 5) is 0.0120. The van der Waals surface area contributed by atoms with Crippen LogP contribution in [0.3, 0.4) is 0 Å². The molecule has 0 heterocycles. The van der Waals surface area contributed by atoms with Gasteiger partial charge in [0.05, 0.1) is 10.6 Å². The lowest BCUT2D eigenvalue weighted by molar-refractivity contribution is 0.599. The van der Waals surface area contributed by atoms with Crippen molar-refractivity contribution in [2.24, 2.45) is 0 Å². The molecule has 3 nitrogen and oxygen atoms in total. The monoisotopic (exact) mass is 341 g/mol. The topological polar surface area (TPSA) is 46.2 Å². The van der Waals surface area contributed by atoms with Crippen molar-refractivity contribution < 1.29 is 12.8 Å². The van der Waals surface area contributed by atoms with Crippen LogP contribution in [0, 0.1) is 5.82 Å². The lowest BCUT2D eigenvalue weighted by Crippen LogP contribution is -2.16. The predicted molar refractivity (Wildman–Crippen MR) is 87.4 cm³/mol. The van der Waals surface area contributed by atoms with Crippen LogP contribution in [0.5, 0.6) is 0 Å². The van der Waals surface area contributed by atoms with E-state index in [9.17, 15) is 12.8 Å². The molecule has 0 fully saturated rings. The highest BCUT2D eigenvalue weighted by atomic mass is 35.5. The van der Waals surface area contributed by atoms with E-state index in [1.165, 1.54) is 12.1 Å². The van der Waals surface area contributed by atoms with E-state index in [1.807, 2.05) is 19.9 Å². The van der Waals surface area contributed by atoms with E-state index < -0.39 is 15.8 Å². The number of hydrogen-bond acceptors (Lipinski definition) is 2. The van der Waals surface area contributed by atoms with Gasteiger partial charge in [-0.15, -0.1) is 0 Å². The van der Waals surface area contributed by atoms with E-state index in [0.29, 0.717) is 23.6 Å². The van der Waals surface area contributed by atoms with E-state index in [-0.39, 0.29) is 4.90 Å². The van der Waals surface area contributed by atoms with E-state index in [4.69, 9.17) is 11.6 Å². The van der Waals surface area contributed by atoms with Crippen LogP contribution in [-0.2, 0) is 22.9 Å². The van der Waals surface area contributed by atoms with Crippen molar-refractivity contribution in [3.8, 4) is 0 Å². The standard InChI is InChI=1S/C16H17ClFNO2S/c1-3-11-5-10-15(17)14(4-2)16(11)19-22(20,21)13-8-6-12(18)7-9-13/h5-10,19H,3-4H2,1-2H3. The van der Waals surface area contributed by atoms with Crippen LogP contribution in [0.25, 0.3) is 0 Å². The minimum atomic E-state index is -3.79. The highest BCUT2D eigenvalue weighted by Gasteiger charge is 2.19. The third kappa shape index (κ3) is 3.42. The fraction of sp³-hybridized carbons (Fsp3) is 0.250. The van der Waals surface area contributed by atoms with Gasteiger partial charge in [-0.05, 0) is 54.3 Å². The van der Waals surface area contributed by atoms with Crippen molar-refractivity contribution >= 4 is 27.3 Å². The Morgan fingerprint density at radius 3 is 2.23 bits per heavy atom. The van der Waals surface area contributed by atoms with Crippen molar-refractivity contribution in [3.63, 3.8) is 0 Å². The summed E-state index contributed by atoms with van der Waals surface area (Å²) in [5.41, 5.74) is 2.14. The maximum atomic E-state index is 13.0. The molecule has 0 saturated heterocycles. The average molecular weight is 342 g/mol. The van der Waals surface area contributed by atoms with Crippen LogP contribution >= 0.6 is 11.6 Å². The molecule has 0 aliphatic carbocycles. The fourth-order valence-electron chi connectivity index (χ4n) is 2.25. The van der Waals surface area contributed by atoms with Crippen molar-refractivity contribution in [2.45, 2.75) is 31.6 Å². The van der Waals surface area contributed by atoms with Gasteiger partial charge in [0.2, 0.25) is 0 Å². The highest BCUT2D eigenvalue weighted by Crippen LogP contribution is 2.31. The van der Waals surface area contributed by atoms with Crippen LogP contribution in [0.1, 0.15) is 25.0 Å². The third-order valence-corrected chi connectivity index (χ3v) is 5.16. The molecule has 1 N–H and O–H groups in total. The molecule has 0 radical (unpaired) electrons. The molecule has 0 saturated carbocycles. The maximum absolute atomic E-state index is 13.0. The number of benzene rings is 2. The van der Waals surface area contributed by atoms with Crippen molar-refractivity contribution in [2.75, 3.05) is 4.72 Å². The molecular weight excluding hydrogens is 325 g/mol. The summed E-state index contributed by atoms with van der Waals surface area (Å²) in [6.07, 6.45) is 1.28. The number of rotatable bonds is 5.